The van der Waals surface area contributed by atoms with Crippen LogP contribution in [0.5, 0.6) is 0 Å². The van der Waals surface area contributed by atoms with Crippen molar-refractivity contribution in [1.29, 1.82) is 5.26 Å². The standard InChI is InChI=1S/C15H17FN2O2/c16-14-5-4-11(9-17)7-12(14)10-18-6-2-1-3-13(18)8-15(19)20/h4-5,7,13H,1-3,6,8,10H2,(H,19,20). The molecule has 0 bridgehead atoms. The van der Waals surface area contributed by atoms with E-state index in [1.807, 2.05) is 11.0 Å². The summed E-state index contributed by atoms with van der Waals surface area (Å²) in [5, 5.41) is 17.8. The van der Waals surface area contributed by atoms with Gasteiger partial charge < -0.3 is 5.11 Å². The molecular weight excluding hydrogens is 259 g/mol. The lowest BCUT2D eigenvalue weighted by atomic mass is 9.98. The van der Waals surface area contributed by atoms with Gasteiger partial charge in [0.25, 0.3) is 0 Å². The van der Waals surface area contributed by atoms with E-state index >= 15 is 0 Å². The molecule has 1 aliphatic rings. The highest BCUT2D eigenvalue weighted by Gasteiger charge is 2.25. The Labute approximate surface area is 117 Å². The summed E-state index contributed by atoms with van der Waals surface area (Å²) in [4.78, 5) is 12.9. The molecule has 2 rings (SSSR count). The van der Waals surface area contributed by atoms with Crippen molar-refractivity contribution in [3.8, 4) is 6.07 Å². The van der Waals surface area contributed by atoms with E-state index in [0.29, 0.717) is 17.7 Å². The van der Waals surface area contributed by atoms with Crippen molar-refractivity contribution < 1.29 is 14.3 Å². The van der Waals surface area contributed by atoms with E-state index in [-0.39, 0.29) is 18.3 Å². The first kappa shape index (κ1) is 14.5. The first-order valence-corrected chi connectivity index (χ1v) is 6.74. The minimum atomic E-state index is -0.826. The Balaban J connectivity index is 2.14. The molecule has 0 amide bonds. The van der Waals surface area contributed by atoms with Crippen LogP contribution in [-0.2, 0) is 11.3 Å². The fourth-order valence-electron chi connectivity index (χ4n) is 2.69. The second-order valence-electron chi connectivity index (χ2n) is 5.14. The molecule has 5 heteroatoms. The number of carboxylic acids is 1. The van der Waals surface area contributed by atoms with Crippen molar-refractivity contribution in [1.82, 2.24) is 4.90 Å². The third-order valence-corrected chi connectivity index (χ3v) is 3.71. The normalized spacial score (nSPS) is 19.5. The van der Waals surface area contributed by atoms with Crippen LogP contribution < -0.4 is 0 Å². The first-order valence-electron chi connectivity index (χ1n) is 6.74. The van der Waals surface area contributed by atoms with Gasteiger partial charge in [0.05, 0.1) is 18.1 Å². The molecule has 20 heavy (non-hydrogen) atoms. The Morgan fingerprint density at radius 2 is 2.30 bits per heavy atom. The maximum atomic E-state index is 13.8. The summed E-state index contributed by atoms with van der Waals surface area (Å²) in [6, 6.07) is 6.23. The molecule has 1 aromatic rings. The van der Waals surface area contributed by atoms with Crippen molar-refractivity contribution in [3.05, 3.63) is 35.1 Å². The summed E-state index contributed by atoms with van der Waals surface area (Å²) in [6.07, 6.45) is 2.91. The zero-order chi connectivity index (χ0) is 14.5. The highest BCUT2D eigenvalue weighted by atomic mass is 19.1. The molecule has 0 saturated carbocycles. The zero-order valence-electron chi connectivity index (χ0n) is 11.2. The van der Waals surface area contributed by atoms with Gasteiger partial charge in [-0.05, 0) is 37.6 Å². The average molecular weight is 276 g/mol. The minimum Gasteiger partial charge on any atom is -0.481 e. The molecule has 4 nitrogen and oxygen atoms in total. The van der Waals surface area contributed by atoms with E-state index in [1.54, 1.807) is 6.07 Å². The van der Waals surface area contributed by atoms with Crippen molar-refractivity contribution in [3.63, 3.8) is 0 Å². The second-order valence-corrected chi connectivity index (χ2v) is 5.14. The molecule has 1 saturated heterocycles. The number of hydrogen-bond acceptors (Lipinski definition) is 3. The number of benzene rings is 1. The number of aliphatic carboxylic acids is 1. The number of rotatable bonds is 4. The quantitative estimate of drug-likeness (QED) is 0.917. The van der Waals surface area contributed by atoms with Gasteiger partial charge in [-0.1, -0.05) is 6.42 Å². The van der Waals surface area contributed by atoms with Crippen LogP contribution in [0, 0.1) is 17.1 Å². The maximum Gasteiger partial charge on any atom is 0.304 e. The molecule has 1 heterocycles. The molecule has 1 aromatic carbocycles. The lowest BCUT2D eigenvalue weighted by Crippen LogP contribution is -2.40. The minimum absolute atomic E-state index is 0.0496. The zero-order valence-corrected chi connectivity index (χ0v) is 11.2. The van der Waals surface area contributed by atoms with Gasteiger partial charge >= 0.3 is 5.97 Å². The fraction of sp³-hybridized carbons (Fsp3) is 0.467. The molecule has 0 aliphatic carbocycles. The van der Waals surface area contributed by atoms with Crippen molar-refractivity contribution in [2.75, 3.05) is 6.54 Å². The van der Waals surface area contributed by atoms with Crippen molar-refractivity contribution in [2.45, 2.75) is 38.3 Å². The van der Waals surface area contributed by atoms with Gasteiger partial charge in [-0.15, -0.1) is 0 Å². The van der Waals surface area contributed by atoms with Crippen LogP contribution in [0.25, 0.3) is 0 Å². The molecule has 1 aliphatic heterocycles. The van der Waals surface area contributed by atoms with Crippen molar-refractivity contribution in [2.24, 2.45) is 0 Å². The summed E-state index contributed by atoms with van der Waals surface area (Å²) in [6.45, 7) is 1.13. The van der Waals surface area contributed by atoms with Gasteiger partial charge in [-0.3, -0.25) is 9.69 Å². The molecule has 1 N–H and O–H groups in total. The fourth-order valence-corrected chi connectivity index (χ4v) is 2.69. The monoisotopic (exact) mass is 276 g/mol. The Hall–Kier alpha value is -1.93. The highest BCUT2D eigenvalue weighted by molar-refractivity contribution is 5.67. The Morgan fingerprint density at radius 1 is 1.50 bits per heavy atom. The van der Waals surface area contributed by atoms with E-state index in [1.165, 1.54) is 12.1 Å². The van der Waals surface area contributed by atoms with Gasteiger partial charge in [-0.2, -0.15) is 5.26 Å². The summed E-state index contributed by atoms with van der Waals surface area (Å²) in [5.74, 6) is -1.17. The van der Waals surface area contributed by atoms with Gasteiger partial charge in [0, 0.05) is 18.2 Å². The van der Waals surface area contributed by atoms with Crippen LogP contribution in [0.3, 0.4) is 0 Å². The van der Waals surface area contributed by atoms with E-state index < -0.39 is 5.97 Å². The molecule has 1 atom stereocenters. The van der Waals surface area contributed by atoms with Gasteiger partial charge in [0.15, 0.2) is 0 Å². The lowest BCUT2D eigenvalue weighted by Gasteiger charge is -2.35. The van der Waals surface area contributed by atoms with Gasteiger partial charge in [0.1, 0.15) is 5.82 Å². The van der Waals surface area contributed by atoms with Crippen LogP contribution in [0.4, 0.5) is 4.39 Å². The SMILES string of the molecule is N#Cc1ccc(F)c(CN2CCCCC2CC(=O)O)c1. The van der Waals surface area contributed by atoms with Crippen LogP contribution in [0.2, 0.25) is 0 Å². The molecule has 0 radical (unpaired) electrons. The maximum absolute atomic E-state index is 13.8. The number of nitriles is 1. The average Bonchev–Trinajstić information content (AvgIpc) is 2.43. The van der Waals surface area contributed by atoms with Crippen molar-refractivity contribution >= 4 is 5.97 Å². The Bertz CT molecular complexity index is 539. The largest absolute Gasteiger partial charge is 0.481 e. The third kappa shape index (κ3) is 3.55. The molecule has 0 spiro atoms. The Morgan fingerprint density at radius 3 is 3.00 bits per heavy atom. The summed E-state index contributed by atoms with van der Waals surface area (Å²) >= 11 is 0. The molecule has 0 aromatic heterocycles. The predicted octanol–water partition coefficient (Wildman–Crippen LogP) is 2.53. The number of carbonyl (C=O) groups is 1. The second kappa shape index (κ2) is 6.49. The molecule has 106 valence electrons. The summed E-state index contributed by atoms with van der Waals surface area (Å²) < 4.78 is 13.8. The number of likely N-dealkylation sites (tertiary alicyclic amines) is 1. The van der Waals surface area contributed by atoms with E-state index in [2.05, 4.69) is 0 Å². The van der Waals surface area contributed by atoms with E-state index in [4.69, 9.17) is 10.4 Å². The molecule has 1 unspecified atom stereocenters. The number of nitrogens with zero attached hydrogens (tertiary/aromatic N) is 2. The summed E-state index contributed by atoms with van der Waals surface area (Å²) in [5.41, 5.74) is 0.884. The predicted molar refractivity (Wildman–Crippen MR) is 71.4 cm³/mol. The topological polar surface area (TPSA) is 64.3 Å². The molecule has 1 fully saturated rings. The summed E-state index contributed by atoms with van der Waals surface area (Å²) in [7, 11) is 0. The number of piperidine rings is 1. The van der Waals surface area contributed by atoms with Gasteiger partial charge in [-0.25, -0.2) is 4.39 Å². The third-order valence-electron chi connectivity index (χ3n) is 3.71. The smallest absolute Gasteiger partial charge is 0.304 e. The van der Waals surface area contributed by atoms with Crippen LogP contribution in [-0.4, -0.2) is 28.6 Å². The number of halogens is 1. The van der Waals surface area contributed by atoms with E-state index in [9.17, 15) is 9.18 Å². The lowest BCUT2D eigenvalue weighted by molar-refractivity contribution is -0.138. The van der Waals surface area contributed by atoms with Crippen LogP contribution in [0.15, 0.2) is 18.2 Å². The van der Waals surface area contributed by atoms with Crippen LogP contribution in [0.1, 0.15) is 36.8 Å². The number of hydrogen-bond donors (Lipinski definition) is 1. The molecular formula is C15H17FN2O2. The van der Waals surface area contributed by atoms with Crippen LogP contribution >= 0.6 is 0 Å². The van der Waals surface area contributed by atoms with E-state index in [0.717, 1.165) is 25.8 Å². The van der Waals surface area contributed by atoms with Gasteiger partial charge in [0.2, 0.25) is 0 Å². The Kier molecular flexibility index (Phi) is 4.70. The number of carboxylic acid groups (broad SMARTS) is 1. The first-order chi connectivity index (χ1) is 9.60. The highest BCUT2D eigenvalue weighted by Crippen LogP contribution is 2.23.